The zero-order chi connectivity index (χ0) is 40.2. The average molecular weight is 789 g/mol. The van der Waals surface area contributed by atoms with Crippen LogP contribution < -0.4 is 10.2 Å². The summed E-state index contributed by atoms with van der Waals surface area (Å²) in [5.74, 6) is -5.43. The van der Waals surface area contributed by atoms with Gasteiger partial charge in [-0.2, -0.15) is 0 Å². The summed E-state index contributed by atoms with van der Waals surface area (Å²) in [6.07, 6.45) is -27.2. The Balaban J connectivity index is 1.33. The molecule has 1 aromatic heterocycles. The molecule has 4 unspecified atom stereocenters. The SMILES string of the molecule is C[C@@H]1OC(Oc2c(-c3cc(O)c(O)c(O)c3)oc3cc(O)cc(O)c3c2=O)C(OC2O[C@H](CO)[C@H](OC3O[C@H](CO)[C@H](O)[C@H](O)[C@H]3O)[C@H](O)[C@H]2O)[C@H](O)[C@H]1O. The molecule has 0 saturated carbocycles. The molecular formula is C33H40O22. The Labute approximate surface area is 307 Å². The van der Waals surface area contributed by atoms with Gasteiger partial charge in [0.25, 0.3) is 0 Å². The minimum Gasteiger partial charge on any atom is -0.508 e. The van der Waals surface area contributed by atoms with Gasteiger partial charge in [-0.15, -0.1) is 0 Å². The number of aromatic hydroxyl groups is 5. The Bertz CT molecular complexity index is 1880. The van der Waals surface area contributed by atoms with Gasteiger partial charge in [0.15, 0.2) is 41.7 Å². The Morgan fingerprint density at radius 1 is 0.618 bits per heavy atom. The molecule has 15 atom stereocenters. The van der Waals surface area contributed by atoms with Crippen molar-refractivity contribution in [3.8, 4) is 45.8 Å². The molecule has 0 amide bonds. The number of hydrogen-bond acceptors (Lipinski definition) is 22. The molecule has 3 fully saturated rings. The normalized spacial score (nSPS) is 36.9. The number of aliphatic hydroxyl groups is 9. The van der Waals surface area contributed by atoms with Crippen LogP contribution in [0.3, 0.4) is 0 Å². The highest BCUT2D eigenvalue weighted by Crippen LogP contribution is 2.43. The summed E-state index contributed by atoms with van der Waals surface area (Å²) in [5, 5.41) is 145. The van der Waals surface area contributed by atoms with E-state index in [0.717, 1.165) is 24.3 Å². The van der Waals surface area contributed by atoms with E-state index in [4.69, 9.17) is 32.8 Å². The van der Waals surface area contributed by atoms with E-state index in [1.54, 1.807) is 0 Å². The molecule has 0 bridgehead atoms. The highest BCUT2D eigenvalue weighted by Gasteiger charge is 2.53. The summed E-state index contributed by atoms with van der Waals surface area (Å²) in [7, 11) is 0. The second kappa shape index (κ2) is 15.8. The van der Waals surface area contributed by atoms with Gasteiger partial charge >= 0.3 is 0 Å². The van der Waals surface area contributed by atoms with Crippen molar-refractivity contribution in [2.75, 3.05) is 13.2 Å². The lowest BCUT2D eigenvalue weighted by molar-refractivity contribution is -0.378. The van der Waals surface area contributed by atoms with E-state index in [-0.39, 0.29) is 5.56 Å². The van der Waals surface area contributed by atoms with Gasteiger partial charge < -0.3 is 104 Å². The van der Waals surface area contributed by atoms with Crippen molar-refractivity contribution in [1.82, 2.24) is 0 Å². The van der Waals surface area contributed by atoms with Gasteiger partial charge in [-0.3, -0.25) is 4.79 Å². The van der Waals surface area contributed by atoms with Gasteiger partial charge in [0.05, 0.1) is 19.3 Å². The molecule has 3 aliphatic heterocycles. The van der Waals surface area contributed by atoms with E-state index in [1.807, 2.05) is 0 Å². The number of ether oxygens (including phenoxy) is 6. The number of aliphatic hydroxyl groups excluding tert-OH is 9. The van der Waals surface area contributed by atoms with Crippen LogP contribution in [0.25, 0.3) is 22.3 Å². The minimum absolute atomic E-state index is 0.308. The summed E-state index contributed by atoms with van der Waals surface area (Å²) in [5.41, 5.74) is -1.87. The second-order valence-electron chi connectivity index (χ2n) is 13.2. The van der Waals surface area contributed by atoms with Crippen LogP contribution >= 0.6 is 0 Å². The second-order valence-corrected chi connectivity index (χ2v) is 13.2. The molecule has 0 aliphatic carbocycles. The van der Waals surface area contributed by atoms with Crippen molar-refractivity contribution in [2.45, 2.75) is 99.0 Å². The zero-order valence-electron chi connectivity index (χ0n) is 28.4. The zero-order valence-corrected chi connectivity index (χ0v) is 28.4. The Hall–Kier alpha value is -4.11. The fourth-order valence-corrected chi connectivity index (χ4v) is 6.48. The molecule has 22 nitrogen and oxygen atoms in total. The smallest absolute Gasteiger partial charge is 0.239 e. The molecule has 3 saturated heterocycles. The molecule has 0 radical (unpaired) electrons. The quantitative estimate of drug-likeness (QED) is 0.0915. The first-order chi connectivity index (χ1) is 26.0. The molecular weight excluding hydrogens is 748 g/mol. The van der Waals surface area contributed by atoms with Crippen LogP contribution in [-0.4, -0.2) is 177 Å². The topological polar surface area (TPSA) is 369 Å². The van der Waals surface area contributed by atoms with E-state index in [1.165, 1.54) is 6.92 Å². The third-order valence-corrected chi connectivity index (χ3v) is 9.52. The Morgan fingerprint density at radius 3 is 1.80 bits per heavy atom. The predicted molar refractivity (Wildman–Crippen MR) is 174 cm³/mol. The maximum Gasteiger partial charge on any atom is 0.239 e. The van der Waals surface area contributed by atoms with Gasteiger partial charge in [-0.05, 0) is 19.1 Å². The highest BCUT2D eigenvalue weighted by atomic mass is 16.8. The Morgan fingerprint density at radius 2 is 1.18 bits per heavy atom. The maximum absolute atomic E-state index is 13.9. The molecule has 55 heavy (non-hydrogen) atoms. The van der Waals surface area contributed by atoms with E-state index in [2.05, 4.69) is 0 Å². The summed E-state index contributed by atoms with van der Waals surface area (Å²) < 4.78 is 39.6. The molecule has 22 heteroatoms. The van der Waals surface area contributed by atoms with Crippen molar-refractivity contribution in [3.05, 3.63) is 34.5 Å². The molecule has 4 heterocycles. The summed E-state index contributed by atoms with van der Waals surface area (Å²) in [6.45, 7) is -0.474. The lowest BCUT2D eigenvalue weighted by atomic mass is 9.96. The van der Waals surface area contributed by atoms with Gasteiger partial charge in [-0.1, -0.05) is 0 Å². The number of hydrogen-bond donors (Lipinski definition) is 14. The number of benzene rings is 2. The first-order valence-electron chi connectivity index (χ1n) is 16.7. The van der Waals surface area contributed by atoms with Crippen molar-refractivity contribution in [2.24, 2.45) is 0 Å². The minimum atomic E-state index is -2.13. The number of fused-ring (bicyclic) bond motifs is 1. The molecule has 2 aromatic carbocycles. The molecule has 6 rings (SSSR count). The van der Waals surface area contributed by atoms with Crippen molar-refractivity contribution in [1.29, 1.82) is 0 Å². The number of phenols is 5. The third kappa shape index (κ3) is 7.45. The van der Waals surface area contributed by atoms with Crippen LogP contribution in [0.5, 0.6) is 34.5 Å². The lowest BCUT2D eigenvalue weighted by Crippen LogP contribution is -2.66. The van der Waals surface area contributed by atoms with E-state index >= 15 is 0 Å². The summed E-state index contributed by atoms with van der Waals surface area (Å²) in [4.78, 5) is 13.9. The molecule has 304 valence electrons. The third-order valence-electron chi connectivity index (χ3n) is 9.52. The standard InChI is InChI=1S/C33H40O22/c1-8-18(40)23(45)30(55-32-26(48)24(46)28(16(7-35)52-32)53-31-25(47)22(44)20(42)15(6-34)51-31)33(49-8)54-29-21(43)17-11(37)4-10(36)5-14(17)50-27(29)9-2-12(38)19(41)13(39)3-9/h2-5,8,15-16,18,20,22-26,28,30-42,44-48H,6-7H2,1H3/t8-,15+,16+,18-,20-,22-,23+,24+,25+,26+,28-,30?,31?,32?,33?/m0/s1. The van der Waals surface area contributed by atoms with Gasteiger partial charge in [0, 0.05) is 17.7 Å². The summed E-state index contributed by atoms with van der Waals surface area (Å²) in [6, 6.07) is 3.48. The molecule has 0 spiro atoms. The average Bonchev–Trinajstić information content (AvgIpc) is 3.14. The first-order valence-corrected chi connectivity index (χ1v) is 16.7. The van der Waals surface area contributed by atoms with Gasteiger partial charge in [-0.25, -0.2) is 0 Å². The van der Waals surface area contributed by atoms with Crippen LogP contribution in [0.4, 0.5) is 0 Å². The van der Waals surface area contributed by atoms with E-state index in [9.17, 15) is 76.3 Å². The Kier molecular flexibility index (Phi) is 11.6. The molecule has 3 aromatic rings. The van der Waals surface area contributed by atoms with Crippen LogP contribution in [0, 0.1) is 0 Å². The fourth-order valence-electron chi connectivity index (χ4n) is 6.48. The maximum atomic E-state index is 13.9. The van der Waals surface area contributed by atoms with E-state index < -0.39 is 162 Å². The van der Waals surface area contributed by atoms with E-state index in [0.29, 0.717) is 0 Å². The number of rotatable bonds is 9. The predicted octanol–water partition coefficient (Wildman–Crippen LogP) is -4.16. The van der Waals surface area contributed by atoms with Crippen LogP contribution in [0.1, 0.15) is 6.92 Å². The first kappa shape index (κ1) is 40.6. The van der Waals surface area contributed by atoms with Crippen LogP contribution in [-0.2, 0) is 23.7 Å². The van der Waals surface area contributed by atoms with Crippen LogP contribution in [0.15, 0.2) is 33.5 Å². The lowest BCUT2D eigenvalue weighted by Gasteiger charge is -2.47. The molecule has 3 aliphatic rings. The van der Waals surface area contributed by atoms with Crippen molar-refractivity contribution in [3.63, 3.8) is 0 Å². The van der Waals surface area contributed by atoms with Gasteiger partial charge in [0.2, 0.25) is 17.5 Å². The van der Waals surface area contributed by atoms with Crippen molar-refractivity contribution < 1.29 is 104 Å². The highest BCUT2D eigenvalue weighted by molar-refractivity contribution is 5.88. The van der Waals surface area contributed by atoms with Gasteiger partial charge in [0.1, 0.15) is 83.5 Å². The fraction of sp³-hybridized carbons (Fsp3) is 0.545. The molecule has 14 N–H and O–H groups in total. The van der Waals surface area contributed by atoms with Crippen LogP contribution in [0.2, 0.25) is 0 Å². The monoisotopic (exact) mass is 788 g/mol. The largest absolute Gasteiger partial charge is 0.508 e. The summed E-state index contributed by atoms with van der Waals surface area (Å²) >= 11 is 0. The number of phenolic OH excluding ortho intramolecular Hbond substituents is 5. The van der Waals surface area contributed by atoms with Crippen molar-refractivity contribution >= 4 is 11.0 Å².